The quantitative estimate of drug-likeness (QED) is 0.874. The number of amides is 2. The van der Waals surface area contributed by atoms with Gasteiger partial charge in [-0.15, -0.1) is 0 Å². The SMILES string of the molecule is Cc1nn(CC(=O)NC(C(N)=O)c2ccccc2)c(C)c1Cl. The second kappa shape index (κ2) is 6.62. The van der Waals surface area contributed by atoms with Crippen molar-refractivity contribution >= 4 is 23.4 Å². The van der Waals surface area contributed by atoms with Gasteiger partial charge in [0.25, 0.3) is 0 Å². The minimum Gasteiger partial charge on any atom is -0.368 e. The summed E-state index contributed by atoms with van der Waals surface area (Å²) in [6.45, 7) is 3.51. The number of aromatic nitrogens is 2. The fraction of sp³-hybridized carbons (Fsp3) is 0.267. The Kier molecular flexibility index (Phi) is 4.82. The monoisotopic (exact) mass is 320 g/mol. The summed E-state index contributed by atoms with van der Waals surface area (Å²) < 4.78 is 1.50. The van der Waals surface area contributed by atoms with Gasteiger partial charge in [-0.05, 0) is 19.4 Å². The first kappa shape index (κ1) is 16.0. The van der Waals surface area contributed by atoms with Crippen molar-refractivity contribution in [2.45, 2.75) is 26.4 Å². The van der Waals surface area contributed by atoms with Crippen molar-refractivity contribution in [2.75, 3.05) is 0 Å². The number of nitrogens with one attached hydrogen (secondary N) is 1. The first-order valence-corrected chi connectivity index (χ1v) is 7.11. The average Bonchev–Trinajstić information content (AvgIpc) is 2.72. The van der Waals surface area contributed by atoms with Gasteiger partial charge < -0.3 is 11.1 Å². The van der Waals surface area contributed by atoms with Gasteiger partial charge in [-0.3, -0.25) is 14.3 Å². The Labute approximate surface area is 133 Å². The van der Waals surface area contributed by atoms with E-state index in [-0.39, 0.29) is 12.5 Å². The third-order valence-corrected chi connectivity index (χ3v) is 3.86. The smallest absolute Gasteiger partial charge is 0.244 e. The lowest BCUT2D eigenvalue weighted by Gasteiger charge is -2.16. The Hall–Kier alpha value is -2.34. The van der Waals surface area contributed by atoms with E-state index in [1.54, 1.807) is 38.1 Å². The van der Waals surface area contributed by atoms with E-state index in [9.17, 15) is 9.59 Å². The third-order valence-electron chi connectivity index (χ3n) is 3.31. The molecule has 0 saturated heterocycles. The Balaban J connectivity index is 2.12. The maximum Gasteiger partial charge on any atom is 0.244 e. The molecule has 6 nitrogen and oxygen atoms in total. The zero-order chi connectivity index (χ0) is 16.3. The van der Waals surface area contributed by atoms with Crippen molar-refractivity contribution in [1.29, 1.82) is 0 Å². The predicted octanol–water partition coefficient (Wildman–Crippen LogP) is 1.50. The van der Waals surface area contributed by atoms with E-state index >= 15 is 0 Å². The van der Waals surface area contributed by atoms with Crippen molar-refractivity contribution < 1.29 is 9.59 Å². The molecule has 1 heterocycles. The molecule has 3 N–H and O–H groups in total. The number of hydrogen-bond acceptors (Lipinski definition) is 3. The second-order valence-corrected chi connectivity index (χ2v) is 5.33. The maximum absolute atomic E-state index is 12.2. The van der Waals surface area contributed by atoms with Gasteiger partial charge in [0.2, 0.25) is 11.8 Å². The van der Waals surface area contributed by atoms with Gasteiger partial charge in [0.05, 0.1) is 16.4 Å². The van der Waals surface area contributed by atoms with E-state index in [4.69, 9.17) is 17.3 Å². The van der Waals surface area contributed by atoms with Gasteiger partial charge in [0.1, 0.15) is 12.6 Å². The molecule has 2 rings (SSSR count). The number of rotatable bonds is 5. The lowest BCUT2D eigenvalue weighted by Crippen LogP contribution is -2.39. The molecule has 0 aliphatic heterocycles. The van der Waals surface area contributed by atoms with Crippen LogP contribution in [-0.4, -0.2) is 21.6 Å². The number of nitrogens with zero attached hydrogens (tertiary/aromatic N) is 2. The molecule has 116 valence electrons. The molecule has 1 aromatic heterocycles. The van der Waals surface area contributed by atoms with E-state index in [0.717, 1.165) is 0 Å². The summed E-state index contributed by atoms with van der Waals surface area (Å²) in [5, 5.41) is 7.33. The van der Waals surface area contributed by atoms with Crippen LogP contribution in [0.15, 0.2) is 30.3 Å². The standard InChI is InChI=1S/C15H17ClN4O2/c1-9-13(16)10(2)20(19-9)8-12(21)18-14(15(17)22)11-6-4-3-5-7-11/h3-7,14H,8H2,1-2H3,(H2,17,22)(H,18,21). The molecule has 0 saturated carbocycles. The molecule has 0 radical (unpaired) electrons. The number of hydrogen-bond donors (Lipinski definition) is 2. The van der Waals surface area contributed by atoms with Crippen molar-refractivity contribution in [2.24, 2.45) is 5.73 Å². The predicted molar refractivity (Wildman–Crippen MR) is 83.2 cm³/mol. The highest BCUT2D eigenvalue weighted by Crippen LogP contribution is 2.19. The van der Waals surface area contributed by atoms with Crippen molar-refractivity contribution in [1.82, 2.24) is 15.1 Å². The zero-order valence-electron chi connectivity index (χ0n) is 12.3. The topological polar surface area (TPSA) is 90.0 Å². The van der Waals surface area contributed by atoms with Crippen LogP contribution in [0.3, 0.4) is 0 Å². The van der Waals surface area contributed by atoms with Gasteiger partial charge in [0.15, 0.2) is 0 Å². The number of aryl methyl sites for hydroxylation is 1. The summed E-state index contributed by atoms with van der Waals surface area (Å²) in [5.41, 5.74) is 7.36. The fourth-order valence-electron chi connectivity index (χ4n) is 2.14. The molecule has 2 amide bonds. The highest BCUT2D eigenvalue weighted by Gasteiger charge is 2.21. The minimum atomic E-state index is -0.874. The molecule has 1 atom stereocenters. The van der Waals surface area contributed by atoms with Gasteiger partial charge in [0, 0.05) is 0 Å². The summed E-state index contributed by atoms with van der Waals surface area (Å²) in [6.07, 6.45) is 0. The molecule has 0 bridgehead atoms. The highest BCUT2D eigenvalue weighted by molar-refractivity contribution is 6.31. The fourth-order valence-corrected chi connectivity index (χ4v) is 2.27. The van der Waals surface area contributed by atoms with Gasteiger partial charge >= 0.3 is 0 Å². The van der Waals surface area contributed by atoms with Crippen LogP contribution in [-0.2, 0) is 16.1 Å². The highest BCUT2D eigenvalue weighted by atomic mass is 35.5. The van der Waals surface area contributed by atoms with Crippen LogP contribution in [0.2, 0.25) is 5.02 Å². The van der Waals surface area contributed by atoms with E-state index < -0.39 is 11.9 Å². The molecule has 7 heteroatoms. The number of nitrogens with two attached hydrogens (primary N) is 1. The largest absolute Gasteiger partial charge is 0.368 e. The van der Waals surface area contributed by atoms with Crippen LogP contribution in [0, 0.1) is 13.8 Å². The van der Waals surface area contributed by atoms with Crippen molar-refractivity contribution in [3.8, 4) is 0 Å². The molecular formula is C15H17ClN4O2. The van der Waals surface area contributed by atoms with Crippen LogP contribution in [0.25, 0.3) is 0 Å². The maximum atomic E-state index is 12.2. The number of carbonyl (C=O) groups is 2. The van der Waals surface area contributed by atoms with Crippen LogP contribution < -0.4 is 11.1 Å². The van der Waals surface area contributed by atoms with E-state index in [1.807, 2.05) is 6.07 Å². The number of carbonyl (C=O) groups excluding carboxylic acids is 2. The average molecular weight is 321 g/mol. The lowest BCUT2D eigenvalue weighted by molar-refractivity contribution is -0.128. The molecule has 0 spiro atoms. The van der Waals surface area contributed by atoms with Crippen LogP contribution >= 0.6 is 11.6 Å². The first-order valence-electron chi connectivity index (χ1n) is 6.73. The van der Waals surface area contributed by atoms with Crippen molar-refractivity contribution in [3.63, 3.8) is 0 Å². The summed E-state index contributed by atoms with van der Waals surface area (Å²) in [4.78, 5) is 23.7. The van der Waals surface area contributed by atoms with E-state index in [0.29, 0.717) is 22.0 Å². The third kappa shape index (κ3) is 3.46. The Morgan fingerprint density at radius 3 is 2.45 bits per heavy atom. The Morgan fingerprint density at radius 2 is 1.95 bits per heavy atom. The summed E-state index contributed by atoms with van der Waals surface area (Å²) >= 11 is 6.04. The Bertz CT molecular complexity index is 697. The lowest BCUT2D eigenvalue weighted by atomic mass is 10.1. The summed E-state index contributed by atoms with van der Waals surface area (Å²) in [7, 11) is 0. The molecule has 0 aliphatic carbocycles. The van der Waals surface area contributed by atoms with Crippen LogP contribution in [0.1, 0.15) is 23.0 Å². The van der Waals surface area contributed by atoms with Crippen molar-refractivity contribution in [3.05, 3.63) is 52.3 Å². The normalized spacial score (nSPS) is 12.0. The van der Waals surface area contributed by atoms with Gasteiger partial charge in [-0.25, -0.2) is 0 Å². The molecule has 2 aromatic rings. The Morgan fingerprint density at radius 1 is 1.32 bits per heavy atom. The summed E-state index contributed by atoms with van der Waals surface area (Å²) in [6, 6.07) is 7.96. The van der Waals surface area contributed by atoms with E-state index in [2.05, 4.69) is 10.4 Å². The number of benzene rings is 1. The summed E-state index contributed by atoms with van der Waals surface area (Å²) in [5.74, 6) is -0.985. The van der Waals surface area contributed by atoms with Gasteiger partial charge in [-0.1, -0.05) is 41.9 Å². The first-order chi connectivity index (χ1) is 10.4. The molecule has 1 unspecified atom stereocenters. The number of primary amides is 1. The minimum absolute atomic E-state index is 0.0317. The van der Waals surface area contributed by atoms with Crippen LogP contribution in [0.4, 0.5) is 0 Å². The molecule has 1 aromatic carbocycles. The zero-order valence-corrected chi connectivity index (χ0v) is 13.1. The molecular weight excluding hydrogens is 304 g/mol. The molecule has 22 heavy (non-hydrogen) atoms. The van der Waals surface area contributed by atoms with E-state index in [1.165, 1.54) is 4.68 Å². The van der Waals surface area contributed by atoms with Crippen LogP contribution in [0.5, 0.6) is 0 Å². The molecule has 0 aliphatic rings. The second-order valence-electron chi connectivity index (χ2n) is 4.96. The van der Waals surface area contributed by atoms with Gasteiger partial charge in [-0.2, -0.15) is 5.10 Å². The molecule has 0 fully saturated rings. The number of halogens is 1.